The average molecular weight is 307 g/mol. The molecule has 0 aliphatic heterocycles. The Morgan fingerprint density at radius 1 is 1.29 bits per heavy atom. The fourth-order valence-corrected chi connectivity index (χ4v) is 2.21. The summed E-state index contributed by atoms with van der Waals surface area (Å²) in [4.78, 5) is 21.6. The van der Waals surface area contributed by atoms with Crippen molar-refractivity contribution in [3.63, 3.8) is 0 Å². The van der Waals surface area contributed by atoms with Gasteiger partial charge in [-0.25, -0.2) is 4.79 Å². The highest BCUT2D eigenvalue weighted by Gasteiger charge is 2.24. The Morgan fingerprint density at radius 3 is 2.52 bits per heavy atom. The standard InChI is InChI=1S/C14H11ClN2O4/c1-8-4-2-6-10(15)12(8)16-11-7-3-5-9(14(18)19)13(11)17(20)21/h2-7,16H,1H3,(H,18,19). The first-order valence-electron chi connectivity index (χ1n) is 5.94. The van der Waals surface area contributed by atoms with Crippen molar-refractivity contribution in [2.75, 3.05) is 5.32 Å². The van der Waals surface area contributed by atoms with Crippen molar-refractivity contribution >= 4 is 34.6 Å². The molecule has 7 heteroatoms. The van der Waals surface area contributed by atoms with Crippen LogP contribution in [0, 0.1) is 17.0 Å². The number of nitrogens with one attached hydrogen (secondary N) is 1. The lowest BCUT2D eigenvalue weighted by Gasteiger charge is -2.12. The topological polar surface area (TPSA) is 92.5 Å². The van der Waals surface area contributed by atoms with Crippen LogP contribution in [0.1, 0.15) is 15.9 Å². The second-order valence-electron chi connectivity index (χ2n) is 4.32. The molecule has 6 nitrogen and oxygen atoms in total. The summed E-state index contributed by atoms with van der Waals surface area (Å²) in [6.45, 7) is 1.79. The van der Waals surface area contributed by atoms with Gasteiger partial charge in [0.25, 0.3) is 0 Å². The predicted molar refractivity (Wildman–Crippen MR) is 79.5 cm³/mol. The van der Waals surface area contributed by atoms with Crippen LogP contribution in [0.15, 0.2) is 36.4 Å². The Labute approximate surface area is 125 Å². The van der Waals surface area contributed by atoms with Gasteiger partial charge in [0.1, 0.15) is 11.3 Å². The number of benzene rings is 2. The van der Waals surface area contributed by atoms with Crippen LogP contribution in [0.5, 0.6) is 0 Å². The third kappa shape index (κ3) is 2.95. The van der Waals surface area contributed by atoms with Crippen LogP contribution in [0.3, 0.4) is 0 Å². The number of nitrogens with zero attached hydrogens (tertiary/aromatic N) is 1. The number of carboxylic acid groups (broad SMARTS) is 1. The number of aryl methyl sites for hydroxylation is 1. The van der Waals surface area contributed by atoms with Crippen LogP contribution in [0.4, 0.5) is 17.1 Å². The number of hydrogen-bond acceptors (Lipinski definition) is 4. The Morgan fingerprint density at radius 2 is 1.95 bits per heavy atom. The molecule has 0 saturated heterocycles. The molecule has 0 saturated carbocycles. The highest BCUT2D eigenvalue weighted by atomic mass is 35.5. The van der Waals surface area contributed by atoms with E-state index in [0.717, 1.165) is 5.56 Å². The molecule has 2 N–H and O–H groups in total. The van der Waals surface area contributed by atoms with Gasteiger partial charge in [-0.15, -0.1) is 0 Å². The lowest BCUT2D eigenvalue weighted by atomic mass is 10.1. The monoisotopic (exact) mass is 306 g/mol. The molecule has 0 aromatic heterocycles. The van der Waals surface area contributed by atoms with Crippen LogP contribution in [-0.4, -0.2) is 16.0 Å². The number of nitro groups is 1. The summed E-state index contributed by atoms with van der Waals surface area (Å²) in [6.07, 6.45) is 0. The largest absolute Gasteiger partial charge is 0.477 e. The molecule has 0 atom stereocenters. The molecule has 0 radical (unpaired) electrons. The van der Waals surface area contributed by atoms with Gasteiger partial charge in [0, 0.05) is 0 Å². The van der Waals surface area contributed by atoms with E-state index >= 15 is 0 Å². The van der Waals surface area contributed by atoms with Gasteiger partial charge in [0.15, 0.2) is 0 Å². The van der Waals surface area contributed by atoms with E-state index in [1.54, 1.807) is 25.1 Å². The first-order chi connectivity index (χ1) is 9.91. The number of carbonyl (C=O) groups is 1. The number of rotatable bonds is 4. The van der Waals surface area contributed by atoms with E-state index in [4.69, 9.17) is 16.7 Å². The van der Waals surface area contributed by atoms with Crippen LogP contribution in [0.25, 0.3) is 0 Å². The van der Waals surface area contributed by atoms with E-state index in [-0.39, 0.29) is 11.3 Å². The minimum Gasteiger partial charge on any atom is -0.477 e. The minimum absolute atomic E-state index is 0.0797. The van der Waals surface area contributed by atoms with Gasteiger partial charge in [0.2, 0.25) is 0 Å². The number of aromatic carboxylic acids is 1. The Hall–Kier alpha value is -2.60. The first kappa shape index (κ1) is 14.8. The van der Waals surface area contributed by atoms with E-state index in [2.05, 4.69) is 5.32 Å². The maximum atomic E-state index is 11.2. The van der Waals surface area contributed by atoms with E-state index in [1.807, 2.05) is 0 Å². The molecule has 0 bridgehead atoms. The van der Waals surface area contributed by atoms with E-state index in [9.17, 15) is 14.9 Å². The van der Waals surface area contributed by atoms with Crippen molar-refractivity contribution < 1.29 is 14.8 Å². The zero-order valence-electron chi connectivity index (χ0n) is 11.0. The van der Waals surface area contributed by atoms with Gasteiger partial charge >= 0.3 is 11.7 Å². The molecule has 0 heterocycles. The summed E-state index contributed by atoms with van der Waals surface area (Å²) in [6, 6.07) is 9.25. The van der Waals surface area contributed by atoms with Crippen molar-refractivity contribution in [2.24, 2.45) is 0 Å². The van der Waals surface area contributed by atoms with Crippen molar-refractivity contribution in [1.82, 2.24) is 0 Å². The molecule has 0 aliphatic carbocycles. The summed E-state index contributed by atoms with van der Waals surface area (Å²) in [7, 11) is 0. The normalized spacial score (nSPS) is 10.2. The quantitative estimate of drug-likeness (QED) is 0.658. The molecule has 0 spiro atoms. The molecule has 0 fully saturated rings. The maximum Gasteiger partial charge on any atom is 0.342 e. The molecule has 2 rings (SSSR count). The zero-order valence-corrected chi connectivity index (χ0v) is 11.7. The molecule has 2 aromatic carbocycles. The average Bonchev–Trinajstić information content (AvgIpc) is 2.42. The summed E-state index contributed by atoms with van der Waals surface area (Å²) >= 11 is 6.06. The number of para-hydroxylation sites is 2. The number of halogens is 1. The van der Waals surface area contributed by atoms with Gasteiger partial charge in [0.05, 0.1) is 15.6 Å². The summed E-state index contributed by atoms with van der Waals surface area (Å²) < 4.78 is 0. The van der Waals surface area contributed by atoms with E-state index < -0.39 is 16.6 Å². The lowest BCUT2D eigenvalue weighted by Crippen LogP contribution is -2.06. The molecule has 0 unspecified atom stereocenters. The molecular formula is C14H11ClN2O4. The second-order valence-corrected chi connectivity index (χ2v) is 4.73. The Bertz CT molecular complexity index is 711. The van der Waals surface area contributed by atoms with Crippen molar-refractivity contribution in [1.29, 1.82) is 0 Å². The lowest BCUT2D eigenvalue weighted by molar-refractivity contribution is -0.384. The summed E-state index contributed by atoms with van der Waals surface area (Å²) in [5, 5.41) is 23.5. The van der Waals surface area contributed by atoms with Gasteiger partial charge in [-0.3, -0.25) is 10.1 Å². The molecule has 0 aliphatic rings. The molecule has 0 amide bonds. The molecule has 2 aromatic rings. The maximum absolute atomic E-state index is 11.2. The number of hydrogen-bond donors (Lipinski definition) is 2. The number of nitro benzene ring substituents is 1. The van der Waals surface area contributed by atoms with Crippen molar-refractivity contribution in [2.45, 2.75) is 6.92 Å². The van der Waals surface area contributed by atoms with E-state index in [0.29, 0.717) is 10.7 Å². The Kier molecular flexibility index (Phi) is 4.09. The number of anilines is 2. The third-order valence-electron chi connectivity index (χ3n) is 2.93. The highest BCUT2D eigenvalue weighted by Crippen LogP contribution is 2.35. The van der Waals surface area contributed by atoms with Crippen LogP contribution in [-0.2, 0) is 0 Å². The van der Waals surface area contributed by atoms with Crippen molar-refractivity contribution in [3.05, 3.63) is 62.7 Å². The fraction of sp³-hybridized carbons (Fsp3) is 0.0714. The molecule has 108 valence electrons. The molecular weight excluding hydrogens is 296 g/mol. The Balaban J connectivity index is 2.57. The molecule has 21 heavy (non-hydrogen) atoms. The number of carboxylic acids is 1. The SMILES string of the molecule is Cc1cccc(Cl)c1Nc1cccc(C(=O)O)c1[N+](=O)[O-]. The zero-order chi connectivity index (χ0) is 15.6. The predicted octanol–water partition coefficient (Wildman–Crippen LogP) is 4.00. The van der Waals surface area contributed by atoms with Crippen LogP contribution < -0.4 is 5.32 Å². The van der Waals surface area contributed by atoms with Gasteiger partial charge in [-0.05, 0) is 30.7 Å². The minimum atomic E-state index is -1.36. The highest BCUT2D eigenvalue weighted by molar-refractivity contribution is 6.33. The van der Waals surface area contributed by atoms with Crippen molar-refractivity contribution in [3.8, 4) is 0 Å². The summed E-state index contributed by atoms with van der Waals surface area (Å²) in [5.74, 6) is -1.36. The van der Waals surface area contributed by atoms with Gasteiger partial charge in [-0.1, -0.05) is 29.8 Å². The van der Waals surface area contributed by atoms with Gasteiger partial charge in [-0.2, -0.15) is 0 Å². The van der Waals surface area contributed by atoms with Gasteiger partial charge < -0.3 is 10.4 Å². The first-order valence-corrected chi connectivity index (χ1v) is 6.32. The third-order valence-corrected chi connectivity index (χ3v) is 3.25. The fourth-order valence-electron chi connectivity index (χ4n) is 1.94. The van der Waals surface area contributed by atoms with Crippen LogP contribution >= 0.6 is 11.6 Å². The summed E-state index contributed by atoms with van der Waals surface area (Å²) in [5.41, 5.74) is 0.498. The second kappa shape index (κ2) is 5.80. The smallest absolute Gasteiger partial charge is 0.342 e. The van der Waals surface area contributed by atoms with E-state index in [1.165, 1.54) is 18.2 Å². The van der Waals surface area contributed by atoms with Crippen LogP contribution in [0.2, 0.25) is 5.02 Å².